The van der Waals surface area contributed by atoms with Crippen LogP contribution in [0.1, 0.15) is 44.1 Å². The Labute approximate surface area is 201 Å². The van der Waals surface area contributed by atoms with Gasteiger partial charge in [0.05, 0.1) is 11.4 Å². The minimum atomic E-state index is -3.67. The van der Waals surface area contributed by atoms with Crippen molar-refractivity contribution in [2.24, 2.45) is 5.92 Å². The number of nitrogens with one attached hydrogen (secondary N) is 1. The molecule has 0 unspecified atom stereocenters. The number of aromatic nitrogens is 2. The number of hydrogen-bond donors (Lipinski definition) is 1. The molecule has 180 valence electrons. The van der Waals surface area contributed by atoms with Crippen LogP contribution in [0, 0.1) is 19.8 Å². The average molecular weight is 481 g/mol. The smallest absolute Gasteiger partial charge is 0.248 e. The third-order valence-electron chi connectivity index (χ3n) is 6.62. The van der Waals surface area contributed by atoms with Crippen molar-refractivity contribution in [3.8, 4) is 11.1 Å². The van der Waals surface area contributed by atoms with Crippen molar-refractivity contribution in [1.82, 2.24) is 14.1 Å². The number of amides is 1. The second-order valence-electron chi connectivity index (χ2n) is 9.11. The summed E-state index contributed by atoms with van der Waals surface area (Å²) in [4.78, 5) is 13.4. The van der Waals surface area contributed by atoms with Crippen LogP contribution in [0.5, 0.6) is 0 Å². The van der Waals surface area contributed by atoms with Crippen molar-refractivity contribution in [1.29, 1.82) is 0 Å². The number of aryl methyl sites for hydroxylation is 1. The standard InChI is InChI=1S/C26H32N4O3S/c1-18-14-16-29(17-15-18)34(32,33)25-19(2)28-30(20(25)3)21(4)26(31)27-24-13-9-8-12-23(24)22-10-6-5-7-11-22/h5-13,18,21H,14-17H2,1-4H3,(H,27,31)/t21-/m1/s1. The molecule has 1 amide bonds. The Morgan fingerprint density at radius 3 is 2.32 bits per heavy atom. The number of hydrogen-bond acceptors (Lipinski definition) is 4. The van der Waals surface area contributed by atoms with Crippen LogP contribution < -0.4 is 5.32 Å². The summed E-state index contributed by atoms with van der Waals surface area (Å²) in [7, 11) is -3.67. The van der Waals surface area contributed by atoms with Crippen LogP contribution >= 0.6 is 0 Å². The van der Waals surface area contributed by atoms with Gasteiger partial charge in [0.2, 0.25) is 15.9 Å². The predicted octanol–water partition coefficient (Wildman–Crippen LogP) is 4.79. The Morgan fingerprint density at radius 2 is 1.65 bits per heavy atom. The second kappa shape index (κ2) is 9.72. The van der Waals surface area contributed by atoms with Crippen LogP contribution in [0.25, 0.3) is 11.1 Å². The van der Waals surface area contributed by atoms with Crippen molar-refractivity contribution in [3.05, 3.63) is 66.0 Å². The first kappa shape index (κ1) is 24.2. The third kappa shape index (κ3) is 4.65. The third-order valence-corrected chi connectivity index (χ3v) is 8.77. The number of anilines is 1. The van der Waals surface area contributed by atoms with Gasteiger partial charge < -0.3 is 5.32 Å². The van der Waals surface area contributed by atoms with E-state index < -0.39 is 16.1 Å². The molecule has 34 heavy (non-hydrogen) atoms. The average Bonchev–Trinajstić information content (AvgIpc) is 3.14. The molecule has 1 aromatic heterocycles. The first-order chi connectivity index (χ1) is 16.2. The van der Waals surface area contributed by atoms with E-state index in [4.69, 9.17) is 0 Å². The van der Waals surface area contributed by atoms with Crippen LogP contribution in [0.15, 0.2) is 59.5 Å². The summed E-state index contributed by atoms with van der Waals surface area (Å²) in [6, 6.07) is 16.8. The highest BCUT2D eigenvalue weighted by atomic mass is 32.2. The molecule has 1 saturated heterocycles. The molecule has 1 aliphatic rings. The summed E-state index contributed by atoms with van der Waals surface area (Å²) in [5, 5.41) is 7.49. The minimum Gasteiger partial charge on any atom is -0.324 e. The first-order valence-corrected chi connectivity index (χ1v) is 13.1. The molecule has 2 aromatic carbocycles. The zero-order chi connectivity index (χ0) is 24.5. The van der Waals surface area contributed by atoms with Crippen molar-refractivity contribution >= 4 is 21.6 Å². The number of carbonyl (C=O) groups is 1. The molecule has 7 nitrogen and oxygen atoms in total. The van der Waals surface area contributed by atoms with Gasteiger partial charge in [-0.05, 0) is 51.2 Å². The van der Waals surface area contributed by atoms with E-state index in [1.165, 1.54) is 4.68 Å². The van der Waals surface area contributed by atoms with Crippen LogP contribution in [-0.4, -0.2) is 41.5 Å². The molecule has 4 rings (SSSR count). The fourth-order valence-electron chi connectivity index (χ4n) is 4.56. The molecule has 8 heteroatoms. The van der Waals surface area contributed by atoms with Gasteiger partial charge in [-0.25, -0.2) is 8.42 Å². The highest BCUT2D eigenvalue weighted by Crippen LogP contribution is 2.31. The van der Waals surface area contributed by atoms with E-state index >= 15 is 0 Å². The molecule has 1 fully saturated rings. The molecule has 0 aliphatic carbocycles. The summed E-state index contributed by atoms with van der Waals surface area (Å²) < 4.78 is 29.9. The molecule has 1 atom stereocenters. The molecule has 3 aromatic rings. The highest BCUT2D eigenvalue weighted by Gasteiger charge is 2.34. The maximum atomic E-state index is 13.4. The molecular weight excluding hydrogens is 448 g/mol. The zero-order valence-electron chi connectivity index (χ0n) is 20.2. The molecule has 1 aliphatic heterocycles. The van der Waals surface area contributed by atoms with Gasteiger partial charge in [0.25, 0.3) is 0 Å². The topological polar surface area (TPSA) is 84.3 Å². The van der Waals surface area contributed by atoms with E-state index in [1.807, 2.05) is 54.6 Å². The van der Waals surface area contributed by atoms with Crippen LogP contribution in [0.4, 0.5) is 5.69 Å². The normalized spacial score (nSPS) is 16.4. The summed E-state index contributed by atoms with van der Waals surface area (Å²) in [5.74, 6) is 0.267. The fourth-order valence-corrected chi connectivity index (χ4v) is 6.39. The molecule has 2 heterocycles. The molecule has 0 radical (unpaired) electrons. The maximum Gasteiger partial charge on any atom is 0.248 e. The van der Waals surface area contributed by atoms with Crippen molar-refractivity contribution < 1.29 is 13.2 Å². The lowest BCUT2D eigenvalue weighted by atomic mass is 10.0. The quantitative estimate of drug-likeness (QED) is 0.550. The van der Waals surface area contributed by atoms with Crippen LogP contribution in [0.2, 0.25) is 0 Å². The van der Waals surface area contributed by atoms with Gasteiger partial charge in [-0.15, -0.1) is 0 Å². The predicted molar refractivity (Wildman–Crippen MR) is 134 cm³/mol. The molecule has 0 spiro atoms. The Bertz CT molecular complexity index is 1280. The Morgan fingerprint density at radius 1 is 1.03 bits per heavy atom. The summed E-state index contributed by atoms with van der Waals surface area (Å²) in [6.45, 7) is 8.33. The minimum absolute atomic E-state index is 0.214. The van der Waals surface area contributed by atoms with E-state index in [0.29, 0.717) is 36.1 Å². The number of benzene rings is 2. The van der Waals surface area contributed by atoms with E-state index in [2.05, 4.69) is 17.3 Å². The van der Waals surface area contributed by atoms with Crippen LogP contribution in [0.3, 0.4) is 0 Å². The lowest BCUT2D eigenvalue weighted by Crippen LogP contribution is -2.38. The number of rotatable bonds is 6. The van der Waals surface area contributed by atoms with Gasteiger partial charge >= 0.3 is 0 Å². The number of nitrogens with zero attached hydrogens (tertiary/aromatic N) is 3. The Hall–Kier alpha value is -2.97. The molecular formula is C26H32N4O3S. The van der Waals surface area contributed by atoms with Crippen molar-refractivity contribution in [3.63, 3.8) is 0 Å². The van der Waals surface area contributed by atoms with Gasteiger partial charge in [-0.2, -0.15) is 9.40 Å². The van der Waals surface area contributed by atoms with E-state index in [-0.39, 0.29) is 10.8 Å². The number of piperidine rings is 1. The summed E-state index contributed by atoms with van der Waals surface area (Å²) >= 11 is 0. The lowest BCUT2D eigenvalue weighted by molar-refractivity contribution is -0.119. The van der Waals surface area contributed by atoms with E-state index in [0.717, 1.165) is 24.0 Å². The fraction of sp³-hybridized carbons (Fsp3) is 0.385. The SMILES string of the molecule is Cc1nn([C@H](C)C(=O)Nc2ccccc2-c2ccccc2)c(C)c1S(=O)(=O)N1CCC(C)CC1. The Kier molecular flexibility index (Phi) is 6.91. The van der Waals surface area contributed by atoms with Crippen molar-refractivity contribution in [2.75, 3.05) is 18.4 Å². The number of sulfonamides is 1. The summed E-state index contributed by atoms with van der Waals surface area (Å²) in [6.07, 6.45) is 1.70. The molecule has 1 N–H and O–H groups in total. The van der Waals surface area contributed by atoms with Crippen LogP contribution in [-0.2, 0) is 14.8 Å². The largest absolute Gasteiger partial charge is 0.324 e. The van der Waals surface area contributed by atoms with E-state index in [9.17, 15) is 13.2 Å². The van der Waals surface area contributed by atoms with Crippen molar-refractivity contribution in [2.45, 2.75) is 51.5 Å². The van der Waals surface area contributed by atoms with Gasteiger partial charge in [0.1, 0.15) is 10.9 Å². The lowest BCUT2D eigenvalue weighted by Gasteiger charge is -2.29. The monoisotopic (exact) mass is 480 g/mol. The van der Waals surface area contributed by atoms with E-state index in [1.54, 1.807) is 25.1 Å². The van der Waals surface area contributed by atoms with Gasteiger partial charge in [-0.3, -0.25) is 9.48 Å². The van der Waals surface area contributed by atoms with Gasteiger partial charge in [0.15, 0.2) is 0 Å². The molecule has 0 saturated carbocycles. The summed E-state index contributed by atoms with van der Waals surface area (Å²) in [5.41, 5.74) is 3.51. The van der Waals surface area contributed by atoms with Gasteiger partial charge in [0, 0.05) is 24.3 Å². The maximum absolute atomic E-state index is 13.4. The number of para-hydroxylation sites is 1. The second-order valence-corrected chi connectivity index (χ2v) is 11.0. The first-order valence-electron chi connectivity index (χ1n) is 11.7. The Balaban J connectivity index is 1.59. The highest BCUT2D eigenvalue weighted by molar-refractivity contribution is 7.89. The number of carbonyl (C=O) groups excluding carboxylic acids is 1. The van der Waals surface area contributed by atoms with Gasteiger partial charge in [-0.1, -0.05) is 55.5 Å². The zero-order valence-corrected chi connectivity index (χ0v) is 21.0. The molecule has 0 bridgehead atoms.